The third kappa shape index (κ3) is 4.93. The van der Waals surface area contributed by atoms with Gasteiger partial charge in [0.2, 0.25) is 10.0 Å². The minimum absolute atomic E-state index is 0.348. The van der Waals surface area contributed by atoms with Crippen LogP contribution in [0, 0.1) is 0 Å². The van der Waals surface area contributed by atoms with Crippen molar-refractivity contribution in [2.24, 2.45) is 0 Å². The van der Waals surface area contributed by atoms with Crippen LogP contribution in [0.25, 0.3) is 0 Å². The van der Waals surface area contributed by atoms with Crippen LogP contribution in [0.5, 0.6) is 0 Å². The summed E-state index contributed by atoms with van der Waals surface area (Å²) in [4.78, 5) is 2.18. The summed E-state index contributed by atoms with van der Waals surface area (Å²) in [5, 5.41) is -0.348. The molecule has 1 N–H and O–H groups in total. The van der Waals surface area contributed by atoms with Gasteiger partial charge in [0, 0.05) is 13.1 Å². The second kappa shape index (κ2) is 6.37. The summed E-state index contributed by atoms with van der Waals surface area (Å²) in [7, 11) is -3.09. The second-order valence-corrected chi connectivity index (χ2v) is 5.84. The van der Waals surface area contributed by atoms with Crippen molar-refractivity contribution in [1.82, 2.24) is 9.62 Å². The quantitative estimate of drug-likeness (QED) is 0.688. The van der Waals surface area contributed by atoms with Crippen LogP contribution in [0.3, 0.4) is 0 Å². The summed E-state index contributed by atoms with van der Waals surface area (Å²) in [5.41, 5.74) is 0. The molecule has 0 aromatic rings. The van der Waals surface area contributed by atoms with E-state index in [1.54, 1.807) is 13.8 Å². The SMILES string of the molecule is CCN(CC)CCNS(=O)(=O)C(C)C. The summed E-state index contributed by atoms with van der Waals surface area (Å²) in [6, 6.07) is 0. The summed E-state index contributed by atoms with van der Waals surface area (Å²) in [5.74, 6) is 0. The average Bonchev–Trinajstić information content (AvgIpc) is 2.12. The molecule has 0 fully saturated rings. The maximum Gasteiger partial charge on any atom is 0.213 e. The van der Waals surface area contributed by atoms with E-state index in [1.165, 1.54) is 0 Å². The Balaban J connectivity index is 3.85. The molecule has 5 heteroatoms. The van der Waals surface area contributed by atoms with Gasteiger partial charge < -0.3 is 4.90 Å². The summed E-state index contributed by atoms with van der Waals surface area (Å²) in [6.07, 6.45) is 0. The fourth-order valence-corrected chi connectivity index (χ4v) is 1.76. The number of rotatable bonds is 7. The average molecular weight is 222 g/mol. The first kappa shape index (κ1) is 13.9. The van der Waals surface area contributed by atoms with Crippen molar-refractivity contribution in [1.29, 1.82) is 0 Å². The molecule has 0 saturated carbocycles. The summed E-state index contributed by atoms with van der Waals surface area (Å²) >= 11 is 0. The molecule has 0 spiro atoms. The highest BCUT2D eigenvalue weighted by molar-refractivity contribution is 7.90. The summed E-state index contributed by atoms with van der Waals surface area (Å²) < 4.78 is 25.3. The van der Waals surface area contributed by atoms with Gasteiger partial charge in [-0.1, -0.05) is 13.8 Å². The van der Waals surface area contributed by atoms with Crippen LogP contribution in [0.2, 0.25) is 0 Å². The van der Waals surface area contributed by atoms with Crippen molar-refractivity contribution in [3.05, 3.63) is 0 Å². The highest BCUT2D eigenvalue weighted by Crippen LogP contribution is 1.95. The molecule has 0 rings (SSSR count). The molecule has 0 aliphatic heterocycles. The Morgan fingerprint density at radius 1 is 1.21 bits per heavy atom. The maximum atomic E-state index is 11.4. The van der Waals surface area contributed by atoms with E-state index >= 15 is 0 Å². The fourth-order valence-electron chi connectivity index (χ4n) is 1.05. The van der Waals surface area contributed by atoms with Gasteiger partial charge in [-0.2, -0.15) is 0 Å². The smallest absolute Gasteiger partial charge is 0.213 e. The number of nitrogens with zero attached hydrogens (tertiary/aromatic N) is 1. The molecule has 0 heterocycles. The Bertz CT molecular complexity index is 233. The molecule has 4 nitrogen and oxygen atoms in total. The summed E-state index contributed by atoms with van der Waals surface area (Å²) in [6.45, 7) is 10.7. The molecule has 14 heavy (non-hydrogen) atoms. The number of likely N-dealkylation sites (N-methyl/N-ethyl adjacent to an activating group) is 1. The van der Waals surface area contributed by atoms with E-state index in [9.17, 15) is 8.42 Å². The maximum absolute atomic E-state index is 11.4. The van der Waals surface area contributed by atoms with Gasteiger partial charge in [-0.15, -0.1) is 0 Å². The second-order valence-electron chi connectivity index (χ2n) is 3.51. The number of hydrogen-bond acceptors (Lipinski definition) is 3. The van der Waals surface area contributed by atoms with Gasteiger partial charge in [0.1, 0.15) is 0 Å². The van der Waals surface area contributed by atoms with E-state index in [2.05, 4.69) is 23.5 Å². The molecule has 0 bridgehead atoms. The molecule has 0 aliphatic rings. The minimum atomic E-state index is -3.09. The Hall–Kier alpha value is -0.130. The van der Waals surface area contributed by atoms with Gasteiger partial charge >= 0.3 is 0 Å². The van der Waals surface area contributed by atoms with Gasteiger partial charge in [-0.05, 0) is 26.9 Å². The van der Waals surface area contributed by atoms with Gasteiger partial charge in [-0.3, -0.25) is 0 Å². The number of hydrogen-bond donors (Lipinski definition) is 1. The van der Waals surface area contributed by atoms with Crippen molar-refractivity contribution in [3.8, 4) is 0 Å². The fraction of sp³-hybridized carbons (Fsp3) is 1.00. The predicted octanol–water partition coefficient (Wildman–Crippen LogP) is 0.656. The molecule has 0 aromatic heterocycles. The van der Waals surface area contributed by atoms with Crippen molar-refractivity contribution in [2.45, 2.75) is 32.9 Å². The highest BCUT2D eigenvalue weighted by atomic mass is 32.2. The van der Waals surface area contributed by atoms with Crippen LogP contribution in [0.1, 0.15) is 27.7 Å². The van der Waals surface area contributed by atoms with E-state index in [0.717, 1.165) is 19.6 Å². The normalized spacial score (nSPS) is 12.7. The zero-order chi connectivity index (χ0) is 11.2. The predicted molar refractivity (Wildman–Crippen MR) is 59.8 cm³/mol. The van der Waals surface area contributed by atoms with Gasteiger partial charge in [0.05, 0.1) is 5.25 Å². The van der Waals surface area contributed by atoms with E-state index in [1.807, 2.05) is 0 Å². The Kier molecular flexibility index (Phi) is 6.31. The van der Waals surface area contributed by atoms with Gasteiger partial charge in [-0.25, -0.2) is 13.1 Å². The first-order chi connectivity index (χ1) is 6.44. The molecule has 0 aromatic carbocycles. The van der Waals surface area contributed by atoms with Gasteiger partial charge in [0.15, 0.2) is 0 Å². The molecule has 0 radical (unpaired) electrons. The van der Waals surface area contributed by atoms with Crippen LogP contribution in [0.4, 0.5) is 0 Å². The first-order valence-electron chi connectivity index (χ1n) is 5.14. The Morgan fingerprint density at radius 2 is 1.71 bits per heavy atom. The van der Waals surface area contributed by atoms with E-state index in [4.69, 9.17) is 0 Å². The van der Waals surface area contributed by atoms with E-state index in [0.29, 0.717) is 6.54 Å². The third-order valence-corrected chi connectivity index (χ3v) is 4.09. The van der Waals surface area contributed by atoms with E-state index in [-0.39, 0.29) is 5.25 Å². The molecule has 0 unspecified atom stereocenters. The lowest BCUT2D eigenvalue weighted by molar-refractivity contribution is 0.309. The lowest BCUT2D eigenvalue weighted by Gasteiger charge is -2.18. The number of nitrogens with one attached hydrogen (secondary N) is 1. The lowest BCUT2D eigenvalue weighted by Crippen LogP contribution is -2.37. The molecule has 86 valence electrons. The largest absolute Gasteiger partial charge is 0.303 e. The van der Waals surface area contributed by atoms with Crippen LogP contribution >= 0.6 is 0 Å². The standard InChI is InChI=1S/C9H22N2O2S/c1-5-11(6-2)8-7-10-14(12,13)9(3)4/h9-10H,5-8H2,1-4H3. The molecule has 0 aliphatic carbocycles. The van der Waals surface area contributed by atoms with Crippen molar-refractivity contribution in [3.63, 3.8) is 0 Å². The first-order valence-corrected chi connectivity index (χ1v) is 6.69. The van der Waals surface area contributed by atoms with Crippen LogP contribution in [0.15, 0.2) is 0 Å². The van der Waals surface area contributed by atoms with Crippen molar-refractivity contribution < 1.29 is 8.42 Å². The van der Waals surface area contributed by atoms with Crippen LogP contribution in [-0.4, -0.2) is 44.7 Å². The molecule has 0 amide bonds. The topological polar surface area (TPSA) is 49.4 Å². The molecule has 0 atom stereocenters. The highest BCUT2D eigenvalue weighted by Gasteiger charge is 2.14. The van der Waals surface area contributed by atoms with E-state index < -0.39 is 10.0 Å². The zero-order valence-corrected chi connectivity index (χ0v) is 10.4. The number of sulfonamides is 1. The Morgan fingerprint density at radius 3 is 2.07 bits per heavy atom. The monoisotopic (exact) mass is 222 g/mol. The lowest BCUT2D eigenvalue weighted by atomic mass is 10.5. The van der Waals surface area contributed by atoms with Crippen molar-refractivity contribution in [2.75, 3.05) is 26.2 Å². The van der Waals surface area contributed by atoms with Crippen molar-refractivity contribution >= 4 is 10.0 Å². The van der Waals surface area contributed by atoms with Crippen LogP contribution < -0.4 is 4.72 Å². The third-order valence-electron chi connectivity index (χ3n) is 2.25. The molecular weight excluding hydrogens is 200 g/mol. The molecular formula is C9H22N2O2S. The van der Waals surface area contributed by atoms with Gasteiger partial charge in [0.25, 0.3) is 0 Å². The minimum Gasteiger partial charge on any atom is -0.303 e. The van der Waals surface area contributed by atoms with Crippen LogP contribution in [-0.2, 0) is 10.0 Å². The molecule has 0 saturated heterocycles. The zero-order valence-electron chi connectivity index (χ0n) is 9.58. The Labute approximate surface area is 87.7 Å².